The third-order valence-electron chi connectivity index (χ3n) is 6.62. The number of allylic oxidation sites excluding steroid dienone is 3. The molecule has 4 aliphatic rings. The number of epoxide rings is 2. The second-order valence-electron chi connectivity index (χ2n) is 9.21. The van der Waals surface area contributed by atoms with Crippen LogP contribution in [0, 0.1) is 5.92 Å². The minimum Gasteiger partial charge on any atom is -0.366 e. The van der Waals surface area contributed by atoms with E-state index in [1.807, 2.05) is 6.92 Å². The molecule has 0 aromatic rings. The molecule has 4 rings (SSSR count). The van der Waals surface area contributed by atoms with Gasteiger partial charge in [-0.2, -0.15) is 0 Å². The van der Waals surface area contributed by atoms with Crippen molar-refractivity contribution in [2.75, 3.05) is 0 Å². The maximum atomic E-state index is 12.4. The van der Waals surface area contributed by atoms with E-state index in [9.17, 15) is 14.7 Å². The van der Waals surface area contributed by atoms with E-state index < -0.39 is 30.1 Å². The Balaban J connectivity index is 1.26. The summed E-state index contributed by atoms with van der Waals surface area (Å²) in [5, 5.41) is 13.2. The molecule has 7 nitrogen and oxygen atoms in total. The summed E-state index contributed by atoms with van der Waals surface area (Å²) in [6, 6.07) is -0.563. The molecular formula is C23H33NO6. The number of hydrogen-bond donors (Lipinski definition) is 2. The predicted octanol–water partition coefficient (Wildman–Crippen LogP) is 2.18. The average molecular weight is 420 g/mol. The molecule has 7 heteroatoms. The summed E-state index contributed by atoms with van der Waals surface area (Å²) in [4.78, 5) is 24.3. The molecule has 0 radical (unpaired) electrons. The number of unbranched alkanes of at least 4 members (excludes halogenated alkanes) is 3. The van der Waals surface area contributed by atoms with E-state index >= 15 is 0 Å². The lowest BCUT2D eigenvalue weighted by atomic mass is 9.81. The molecule has 0 aromatic heterocycles. The SMILES string of the molecule is CCCCCC[C@H](C)/C=C(C)/C=C\C(=O)N[C@@H]1CC2(O[C@@H]1O)[C@@H]1O[C@@H]1C(=O)[C@@H]1O[C@H]12. The van der Waals surface area contributed by atoms with Gasteiger partial charge in [-0.25, -0.2) is 0 Å². The molecule has 30 heavy (non-hydrogen) atoms. The van der Waals surface area contributed by atoms with Gasteiger partial charge in [0.05, 0.1) is 6.04 Å². The van der Waals surface area contributed by atoms with Gasteiger partial charge >= 0.3 is 0 Å². The lowest BCUT2D eigenvalue weighted by Crippen LogP contribution is -2.49. The molecule has 0 aromatic carbocycles. The predicted molar refractivity (Wildman–Crippen MR) is 110 cm³/mol. The van der Waals surface area contributed by atoms with Gasteiger partial charge in [0.15, 0.2) is 12.1 Å². The number of aliphatic hydroxyl groups excluding tert-OH is 1. The number of aliphatic hydroxyl groups is 1. The quantitative estimate of drug-likeness (QED) is 0.257. The molecule has 1 saturated carbocycles. The molecule has 1 amide bonds. The lowest BCUT2D eigenvalue weighted by Gasteiger charge is -2.26. The van der Waals surface area contributed by atoms with Crippen molar-refractivity contribution in [1.29, 1.82) is 0 Å². The van der Waals surface area contributed by atoms with Gasteiger partial charge in [-0.1, -0.05) is 57.3 Å². The van der Waals surface area contributed by atoms with Crippen molar-refractivity contribution in [2.45, 2.75) is 102 Å². The van der Waals surface area contributed by atoms with Gasteiger partial charge in [0, 0.05) is 12.5 Å². The first kappa shape index (κ1) is 21.7. The second kappa shape index (κ2) is 8.54. The molecule has 3 heterocycles. The monoisotopic (exact) mass is 419 g/mol. The zero-order valence-electron chi connectivity index (χ0n) is 18.0. The zero-order valence-corrected chi connectivity index (χ0v) is 18.0. The van der Waals surface area contributed by atoms with Crippen LogP contribution in [0.1, 0.15) is 59.3 Å². The molecular weight excluding hydrogens is 386 g/mol. The number of ether oxygens (including phenoxy) is 3. The van der Waals surface area contributed by atoms with E-state index in [1.54, 1.807) is 6.08 Å². The maximum Gasteiger partial charge on any atom is 0.244 e. The molecule has 1 aliphatic carbocycles. The van der Waals surface area contributed by atoms with E-state index in [4.69, 9.17) is 14.2 Å². The van der Waals surface area contributed by atoms with Crippen LogP contribution >= 0.6 is 0 Å². The van der Waals surface area contributed by atoms with Gasteiger partial charge in [-0.05, 0) is 19.3 Å². The summed E-state index contributed by atoms with van der Waals surface area (Å²) < 4.78 is 16.8. The molecule has 1 unspecified atom stereocenters. The van der Waals surface area contributed by atoms with Crippen LogP contribution in [-0.2, 0) is 23.8 Å². The molecule has 0 bridgehead atoms. The molecule has 3 aliphatic heterocycles. The summed E-state index contributed by atoms with van der Waals surface area (Å²) in [5.41, 5.74) is 0.204. The fourth-order valence-corrected chi connectivity index (χ4v) is 4.93. The van der Waals surface area contributed by atoms with Crippen molar-refractivity contribution in [1.82, 2.24) is 5.32 Å². The van der Waals surface area contributed by atoms with Gasteiger partial charge in [0.1, 0.15) is 30.0 Å². The molecule has 3 saturated heterocycles. The Hall–Kier alpha value is -1.54. The Bertz CT molecular complexity index is 726. The summed E-state index contributed by atoms with van der Waals surface area (Å²) in [6.07, 6.45) is 9.12. The van der Waals surface area contributed by atoms with Crippen molar-refractivity contribution >= 4 is 11.7 Å². The Labute approximate surface area is 177 Å². The van der Waals surface area contributed by atoms with Crippen LogP contribution in [-0.4, -0.2) is 59.1 Å². The first-order valence-electron chi connectivity index (χ1n) is 11.2. The number of amides is 1. The van der Waals surface area contributed by atoms with Gasteiger partial charge in [-0.3, -0.25) is 9.59 Å². The number of ketones is 1. The van der Waals surface area contributed by atoms with E-state index in [0.29, 0.717) is 12.3 Å². The topological polar surface area (TPSA) is 101 Å². The van der Waals surface area contributed by atoms with Gasteiger partial charge in [-0.15, -0.1) is 0 Å². The number of hydrogen-bond acceptors (Lipinski definition) is 6. The number of carbonyl (C=O) groups excluding carboxylic acids is 2. The second-order valence-corrected chi connectivity index (χ2v) is 9.21. The number of nitrogens with one attached hydrogen (secondary N) is 1. The highest BCUT2D eigenvalue weighted by Crippen LogP contribution is 2.57. The Morgan fingerprint density at radius 3 is 2.60 bits per heavy atom. The summed E-state index contributed by atoms with van der Waals surface area (Å²) in [6.45, 7) is 6.40. The van der Waals surface area contributed by atoms with Crippen LogP contribution in [0.5, 0.6) is 0 Å². The number of fused-ring (bicyclic) bond motifs is 4. The molecule has 2 N–H and O–H groups in total. The Morgan fingerprint density at radius 1 is 1.23 bits per heavy atom. The van der Waals surface area contributed by atoms with E-state index in [1.165, 1.54) is 31.8 Å². The fourth-order valence-electron chi connectivity index (χ4n) is 4.93. The standard InChI is InChI=1S/C23H33NO6/c1-4-5-6-7-8-13(2)11-14(3)9-10-16(25)24-15-12-23(30-22(15)27)20-18(28-20)17(26)19-21(23)29-19/h9-11,13,15,18-22,27H,4-8,12H2,1-3H3,(H,24,25)/b10-9-,14-11+/t13-,15+,18-,19+,20+,21+,22-,23?/m0/s1. The van der Waals surface area contributed by atoms with Crippen molar-refractivity contribution in [3.05, 3.63) is 23.8 Å². The summed E-state index contributed by atoms with van der Waals surface area (Å²) in [7, 11) is 0. The van der Waals surface area contributed by atoms with Crippen LogP contribution < -0.4 is 5.32 Å². The van der Waals surface area contributed by atoms with E-state index in [0.717, 1.165) is 12.0 Å². The normalized spacial score (nSPS) is 40.4. The highest BCUT2D eigenvalue weighted by atomic mass is 16.7. The zero-order chi connectivity index (χ0) is 21.5. The largest absolute Gasteiger partial charge is 0.366 e. The fraction of sp³-hybridized carbons (Fsp3) is 0.739. The highest BCUT2D eigenvalue weighted by molar-refractivity contribution is 5.94. The van der Waals surface area contributed by atoms with Crippen molar-refractivity contribution in [2.24, 2.45) is 5.92 Å². The Kier molecular flexibility index (Phi) is 6.17. The van der Waals surface area contributed by atoms with Crippen LogP contribution in [0.25, 0.3) is 0 Å². The van der Waals surface area contributed by atoms with Crippen molar-refractivity contribution in [3.63, 3.8) is 0 Å². The summed E-state index contributed by atoms with van der Waals surface area (Å²) in [5.74, 6) is 0.161. The lowest BCUT2D eigenvalue weighted by molar-refractivity contribution is -0.159. The maximum absolute atomic E-state index is 12.4. The first-order chi connectivity index (χ1) is 14.4. The van der Waals surface area contributed by atoms with E-state index in [2.05, 4.69) is 25.2 Å². The van der Waals surface area contributed by atoms with Crippen LogP contribution in [0.15, 0.2) is 23.8 Å². The molecule has 166 valence electrons. The van der Waals surface area contributed by atoms with Crippen molar-refractivity contribution in [3.8, 4) is 0 Å². The van der Waals surface area contributed by atoms with E-state index in [-0.39, 0.29) is 23.9 Å². The average Bonchev–Trinajstić information content (AvgIpc) is 3.60. The smallest absolute Gasteiger partial charge is 0.244 e. The highest BCUT2D eigenvalue weighted by Gasteiger charge is 2.79. The van der Waals surface area contributed by atoms with Gasteiger partial charge in [0.25, 0.3) is 0 Å². The van der Waals surface area contributed by atoms with Gasteiger partial charge in [0.2, 0.25) is 5.91 Å². The number of carbonyl (C=O) groups is 2. The number of rotatable bonds is 9. The third-order valence-corrected chi connectivity index (χ3v) is 6.62. The van der Waals surface area contributed by atoms with Crippen LogP contribution in [0.2, 0.25) is 0 Å². The van der Waals surface area contributed by atoms with Crippen molar-refractivity contribution < 1.29 is 28.9 Å². The minimum atomic E-state index is -1.15. The molecule has 8 atom stereocenters. The number of Topliss-reactive ketones (excluding diaryl/α,β-unsaturated/α-hetero) is 1. The first-order valence-corrected chi connectivity index (χ1v) is 11.2. The third kappa shape index (κ3) is 4.26. The Morgan fingerprint density at radius 2 is 1.93 bits per heavy atom. The minimum absolute atomic E-state index is 0.0361. The van der Waals surface area contributed by atoms with Gasteiger partial charge < -0.3 is 24.6 Å². The van der Waals surface area contributed by atoms with Crippen LogP contribution in [0.4, 0.5) is 0 Å². The van der Waals surface area contributed by atoms with Crippen LogP contribution in [0.3, 0.4) is 0 Å². The summed E-state index contributed by atoms with van der Waals surface area (Å²) >= 11 is 0. The molecule has 4 fully saturated rings. The molecule has 1 spiro atoms.